The fraction of sp³-hybridized carbons (Fsp3) is 0.368. The van der Waals surface area contributed by atoms with Crippen LogP contribution in [0.15, 0.2) is 42.5 Å². The molecule has 0 aliphatic heterocycles. The molecule has 1 N–H and O–H groups in total. The average molecular weight is 283 g/mol. The lowest BCUT2D eigenvalue weighted by atomic mass is 9.99. The van der Waals surface area contributed by atoms with Gasteiger partial charge in [-0.25, -0.2) is 0 Å². The van der Waals surface area contributed by atoms with Gasteiger partial charge in [0.15, 0.2) is 0 Å². The first-order chi connectivity index (χ1) is 10.1. The quantitative estimate of drug-likeness (QED) is 0.851. The largest absolute Gasteiger partial charge is 0.491 e. The minimum absolute atomic E-state index is 0.218. The third-order valence-electron chi connectivity index (χ3n) is 3.75. The molecule has 0 amide bonds. The van der Waals surface area contributed by atoms with E-state index in [1.54, 1.807) is 0 Å². The second kappa shape index (κ2) is 7.28. The Bertz CT molecular complexity index is 592. The van der Waals surface area contributed by atoms with E-state index < -0.39 is 0 Å². The van der Waals surface area contributed by atoms with Crippen LogP contribution in [-0.4, -0.2) is 13.2 Å². The first kappa shape index (κ1) is 15.6. The van der Waals surface area contributed by atoms with E-state index in [9.17, 15) is 0 Å². The zero-order valence-electron chi connectivity index (χ0n) is 13.4. The van der Waals surface area contributed by atoms with Crippen molar-refractivity contribution in [2.45, 2.75) is 33.7 Å². The minimum Gasteiger partial charge on any atom is -0.491 e. The van der Waals surface area contributed by atoms with Crippen LogP contribution in [0.25, 0.3) is 0 Å². The topological polar surface area (TPSA) is 21.3 Å². The van der Waals surface area contributed by atoms with Crippen molar-refractivity contribution in [2.75, 3.05) is 13.2 Å². The van der Waals surface area contributed by atoms with Crippen molar-refractivity contribution in [2.24, 2.45) is 0 Å². The molecule has 0 bridgehead atoms. The summed E-state index contributed by atoms with van der Waals surface area (Å²) in [6, 6.07) is 15.0. The van der Waals surface area contributed by atoms with Crippen molar-refractivity contribution < 1.29 is 4.74 Å². The van der Waals surface area contributed by atoms with E-state index in [0.717, 1.165) is 12.3 Å². The van der Waals surface area contributed by atoms with Crippen LogP contribution >= 0.6 is 0 Å². The Morgan fingerprint density at radius 2 is 1.76 bits per heavy atom. The molecule has 2 nitrogen and oxygen atoms in total. The second-order valence-corrected chi connectivity index (χ2v) is 5.55. The van der Waals surface area contributed by atoms with Gasteiger partial charge in [0.25, 0.3) is 0 Å². The zero-order valence-corrected chi connectivity index (χ0v) is 13.4. The molecule has 0 saturated heterocycles. The summed E-state index contributed by atoms with van der Waals surface area (Å²) in [7, 11) is 0. The second-order valence-electron chi connectivity index (χ2n) is 5.55. The van der Waals surface area contributed by atoms with E-state index in [-0.39, 0.29) is 6.04 Å². The number of aryl methyl sites for hydroxylation is 3. The third-order valence-corrected chi connectivity index (χ3v) is 3.75. The Kier molecular flexibility index (Phi) is 5.40. The molecule has 112 valence electrons. The molecule has 1 atom stereocenters. The van der Waals surface area contributed by atoms with Gasteiger partial charge in [0.2, 0.25) is 0 Å². The highest BCUT2D eigenvalue weighted by Crippen LogP contribution is 2.22. The number of likely N-dealkylation sites (N-methyl/N-ethyl adjacent to an activating group) is 1. The summed E-state index contributed by atoms with van der Waals surface area (Å²) < 4.78 is 6.03. The van der Waals surface area contributed by atoms with E-state index in [1.165, 1.54) is 22.3 Å². The van der Waals surface area contributed by atoms with Gasteiger partial charge in [-0.05, 0) is 50.1 Å². The lowest BCUT2D eigenvalue weighted by Gasteiger charge is -2.21. The van der Waals surface area contributed by atoms with Crippen LogP contribution in [0.4, 0.5) is 0 Å². The minimum atomic E-state index is 0.218. The molecule has 2 heteroatoms. The maximum atomic E-state index is 6.03. The number of hydrogen-bond acceptors (Lipinski definition) is 2. The first-order valence-corrected chi connectivity index (χ1v) is 7.60. The van der Waals surface area contributed by atoms with Crippen molar-refractivity contribution in [1.82, 2.24) is 5.32 Å². The maximum Gasteiger partial charge on any atom is 0.122 e. The Morgan fingerprint density at radius 1 is 1.00 bits per heavy atom. The number of hydrogen-bond donors (Lipinski definition) is 1. The van der Waals surface area contributed by atoms with Crippen LogP contribution in [0.1, 0.15) is 35.2 Å². The molecule has 0 radical (unpaired) electrons. The van der Waals surface area contributed by atoms with Crippen LogP contribution in [-0.2, 0) is 0 Å². The Labute approximate surface area is 128 Å². The van der Waals surface area contributed by atoms with Gasteiger partial charge in [0, 0.05) is 0 Å². The Balaban J connectivity index is 2.14. The highest BCUT2D eigenvalue weighted by Gasteiger charge is 2.14. The Morgan fingerprint density at radius 3 is 2.43 bits per heavy atom. The van der Waals surface area contributed by atoms with Crippen LogP contribution in [0.3, 0.4) is 0 Å². The summed E-state index contributed by atoms with van der Waals surface area (Å²) in [6.07, 6.45) is 0. The summed E-state index contributed by atoms with van der Waals surface area (Å²) in [5.74, 6) is 0.963. The van der Waals surface area contributed by atoms with Crippen molar-refractivity contribution >= 4 is 0 Å². The van der Waals surface area contributed by atoms with Crippen LogP contribution in [0, 0.1) is 20.8 Å². The number of rotatable bonds is 6. The monoisotopic (exact) mass is 283 g/mol. The lowest BCUT2D eigenvalue weighted by molar-refractivity contribution is 0.266. The van der Waals surface area contributed by atoms with Crippen molar-refractivity contribution in [3.05, 3.63) is 64.7 Å². The van der Waals surface area contributed by atoms with Gasteiger partial charge in [-0.2, -0.15) is 0 Å². The molecule has 0 spiro atoms. The van der Waals surface area contributed by atoms with E-state index in [4.69, 9.17) is 4.74 Å². The third kappa shape index (κ3) is 4.08. The van der Waals surface area contributed by atoms with Gasteiger partial charge in [-0.3, -0.25) is 0 Å². The molecule has 0 aromatic heterocycles. The molecule has 0 aliphatic carbocycles. The molecule has 2 aromatic carbocycles. The molecule has 0 fully saturated rings. The number of para-hydroxylation sites is 1. The lowest BCUT2D eigenvalue weighted by Crippen LogP contribution is -2.27. The molecule has 0 aliphatic rings. The maximum absolute atomic E-state index is 6.03. The number of ether oxygens (including phenoxy) is 1. The highest BCUT2D eigenvalue weighted by atomic mass is 16.5. The molecular formula is C19H25NO. The molecular weight excluding hydrogens is 258 g/mol. The summed E-state index contributed by atoms with van der Waals surface area (Å²) in [6.45, 7) is 10.1. The van der Waals surface area contributed by atoms with Crippen LogP contribution < -0.4 is 10.1 Å². The molecule has 2 aromatic rings. The van der Waals surface area contributed by atoms with Crippen LogP contribution in [0.5, 0.6) is 5.75 Å². The summed E-state index contributed by atoms with van der Waals surface area (Å²) in [5, 5.41) is 3.52. The van der Waals surface area contributed by atoms with Gasteiger partial charge in [-0.1, -0.05) is 48.9 Å². The SMILES string of the molecule is CCNC(COc1ccccc1C)c1ccc(C)cc1C. The fourth-order valence-electron chi connectivity index (χ4n) is 2.61. The van der Waals surface area contributed by atoms with E-state index in [1.807, 2.05) is 18.2 Å². The average Bonchev–Trinajstić information content (AvgIpc) is 2.45. The fourth-order valence-corrected chi connectivity index (χ4v) is 2.61. The van der Waals surface area contributed by atoms with Crippen molar-refractivity contribution in [1.29, 1.82) is 0 Å². The van der Waals surface area contributed by atoms with Crippen molar-refractivity contribution in [3.8, 4) is 5.75 Å². The molecule has 0 saturated carbocycles. The molecule has 0 heterocycles. The van der Waals surface area contributed by atoms with E-state index >= 15 is 0 Å². The van der Waals surface area contributed by atoms with E-state index in [2.05, 4.69) is 57.3 Å². The predicted octanol–water partition coefficient (Wildman–Crippen LogP) is 4.34. The molecule has 21 heavy (non-hydrogen) atoms. The number of benzene rings is 2. The zero-order chi connectivity index (χ0) is 15.2. The van der Waals surface area contributed by atoms with Gasteiger partial charge in [0.05, 0.1) is 6.04 Å². The van der Waals surface area contributed by atoms with Gasteiger partial charge >= 0.3 is 0 Å². The summed E-state index contributed by atoms with van der Waals surface area (Å²) >= 11 is 0. The predicted molar refractivity (Wildman–Crippen MR) is 89.0 cm³/mol. The summed E-state index contributed by atoms with van der Waals surface area (Å²) in [4.78, 5) is 0. The Hall–Kier alpha value is -1.80. The smallest absolute Gasteiger partial charge is 0.122 e. The normalized spacial score (nSPS) is 12.2. The van der Waals surface area contributed by atoms with E-state index in [0.29, 0.717) is 6.61 Å². The standard InChI is InChI=1S/C19H25NO/c1-5-20-18(17-11-10-14(2)12-16(17)4)13-21-19-9-7-6-8-15(19)3/h6-12,18,20H,5,13H2,1-4H3. The van der Waals surface area contributed by atoms with Gasteiger partial charge < -0.3 is 10.1 Å². The summed E-state index contributed by atoms with van der Waals surface area (Å²) in [5.41, 5.74) is 5.10. The van der Waals surface area contributed by atoms with Gasteiger partial charge in [0.1, 0.15) is 12.4 Å². The van der Waals surface area contributed by atoms with Gasteiger partial charge in [-0.15, -0.1) is 0 Å². The first-order valence-electron chi connectivity index (χ1n) is 7.60. The highest BCUT2D eigenvalue weighted by molar-refractivity contribution is 5.34. The number of nitrogens with one attached hydrogen (secondary N) is 1. The van der Waals surface area contributed by atoms with Crippen LogP contribution in [0.2, 0.25) is 0 Å². The molecule has 1 unspecified atom stereocenters. The van der Waals surface area contributed by atoms with Crippen molar-refractivity contribution in [3.63, 3.8) is 0 Å². The molecule has 2 rings (SSSR count).